The predicted octanol–water partition coefficient (Wildman–Crippen LogP) is 5.51. The highest BCUT2D eigenvalue weighted by atomic mass is 16.5. The molecule has 0 saturated heterocycles. The Bertz CT molecular complexity index is 828. The van der Waals surface area contributed by atoms with E-state index in [2.05, 4.69) is 50.6 Å². The van der Waals surface area contributed by atoms with Gasteiger partial charge in [-0.05, 0) is 18.6 Å². The van der Waals surface area contributed by atoms with Crippen LogP contribution in [-0.2, 0) is 11.3 Å². The Morgan fingerprint density at radius 3 is 2.19 bits per heavy atom. The lowest BCUT2D eigenvalue weighted by molar-refractivity contribution is 0.146. The van der Waals surface area contributed by atoms with E-state index < -0.39 is 0 Å². The number of aromatic nitrogens is 3. The van der Waals surface area contributed by atoms with Crippen molar-refractivity contribution in [1.29, 1.82) is 0 Å². The normalized spacial score (nSPS) is 11.4. The molecule has 1 aliphatic rings. The number of nitrogens with zero attached hydrogens (tertiary/aromatic N) is 3. The highest BCUT2D eigenvalue weighted by Gasteiger charge is 2.24. The van der Waals surface area contributed by atoms with E-state index in [0.29, 0.717) is 13.3 Å². The van der Waals surface area contributed by atoms with E-state index in [1.165, 1.54) is 5.56 Å². The van der Waals surface area contributed by atoms with Crippen LogP contribution in [0, 0.1) is 0 Å². The molecule has 144 valence electrons. The molecule has 0 saturated carbocycles. The molecule has 0 spiro atoms. The first-order valence-corrected chi connectivity index (χ1v) is 9.79. The Morgan fingerprint density at radius 2 is 1.48 bits per heavy atom. The Balaban J connectivity index is 0.000000614. The van der Waals surface area contributed by atoms with E-state index >= 15 is 0 Å². The van der Waals surface area contributed by atoms with Crippen LogP contribution in [0.15, 0.2) is 48.5 Å². The lowest BCUT2D eigenvalue weighted by Gasteiger charge is -2.29. The molecule has 4 rings (SSSR count). The molecule has 0 aliphatic carbocycles. The van der Waals surface area contributed by atoms with Crippen molar-refractivity contribution in [1.82, 2.24) is 15.4 Å². The summed E-state index contributed by atoms with van der Waals surface area (Å²) in [5.74, 6) is 0. The number of rotatable bonds is 3. The van der Waals surface area contributed by atoms with Crippen molar-refractivity contribution >= 4 is 5.69 Å². The molecule has 2 aromatic carbocycles. The summed E-state index contributed by atoms with van der Waals surface area (Å²) in [4.78, 5) is 2.25. The van der Waals surface area contributed by atoms with Gasteiger partial charge < -0.3 is 9.64 Å². The van der Waals surface area contributed by atoms with Crippen molar-refractivity contribution in [2.24, 2.45) is 0 Å². The zero-order valence-corrected chi connectivity index (χ0v) is 17.0. The summed E-state index contributed by atoms with van der Waals surface area (Å²) in [6.45, 7) is 12.0. The van der Waals surface area contributed by atoms with Gasteiger partial charge >= 0.3 is 0 Å². The van der Waals surface area contributed by atoms with Gasteiger partial charge in [0.1, 0.15) is 18.1 Å². The van der Waals surface area contributed by atoms with Gasteiger partial charge in [0.2, 0.25) is 0 Å². The molecule has 0 atom stereocenters. The van der Waals surface area contributed by atoms with E-state index in [0.717, 1.165) is 34.7 Å². The third-order valence-corrected chi connectivity index (χ3v) is 4.13. The quantitative estimate of drug-likeness (QED) is 0.664. The zero-order chi connectivity index (χ0) is 19.6. The first-order chi connectivity index (χ1) is 13.4. The van der Waals surface area contributed by atoms with Gasteiger partial charge in [0, 0.05) is 30.0 Å². The second-order valence-electron chi connectivity index (χ2n) is 5.51. The van der Waals surface area contributed by atoms with Crippen LogP contribution in [0.3, 0.4) is 0 Å². The maximum absolute atomic E-state index is 5.69. The first kappa shape index (κ1) is 20.6. The summed E-state index contributed by atoms with van der Waals surface area (Å²) in [6, 6.07) is 16.6. The van der Waals surface area contributed by atoms with Crippen molar-refractivity contribution in [2.45, 2.75) is 41.2 Å². The van der Waals surface area contributed by atoms with Crippen LogP contribution in [0.25, 0.3) is 22.5 Å². The number of hydrogen-bond acceptors (Lipinski definition) is 4. The van der Waals surface area contributed by atoms with Gasteiger partial charge in [-0.1, -0.05) is 70.2 Å². The minimum atomic E-state index is 0.551. The Kier molecular flexibility index (Phi) is 8.01. The second-order valence-corrected chi connectivity index (χ2v) is 5.51. The Morgan fingerprint density at radius 1 is 0.889 bits per heavy atom. The minimum Gasteiger partial charge on any atom is -0.361 e. The summed E-state index contributed by atoms with van der Waals surface area (Å²) >= 11 is 0. The van der Waals surface area contributed by atoms with Gasteiger partial charge in [0.25, 0.3) is 0 Å². The van der Waals surface area contributed by atoms with Crippen molar-refractivity contribution in [3.05, 3.63) is 54.1 Å². The maximum atomic E-state index is 5.69. The van der Waals surface area contributed by atoms with Crippen LogP contribution >= 0.6 is 0 Å². The minimum absolute atomic E-state index is 0.551. The van der Waals surface area contributed by atoms with Crippen LogP contribution < -0.4 is 4.90 Å². The number of nitrogens with one attached hydrogen (secondary N) is 1. The fourth-order valence-corrected chi connectivity index (χ4v) is 3.05. The van der Waals surface area contributed by atoms with Gasteiger partial charge in [-0.25, -0.2) is 0 Å². The third-order valence-electron chi connectivity index (χ3n) is 4.13. The third kappa shape index (κ3) is 4.37. The summed E-state index contributed by atoms with van der Waals surface area (Å²) in [5.41, 5.74) is 6.32. The highest BCUT2D eigenvalue weighted by molar-refractivity contribution is 5.87. The smallest absolute Gasteiger partial charge is 0.122 e. The number of ether oxygens (including phenoxy) is 1. The summed E-state index contributed by atoms with van der Waals surface area (Å²) in [5, 5.41) is 11.6. The van der Waals surface area contributed by atoms with Crippen LogP contribution in [-0.4, -0.2) is 28.7 Å². The van der Waals surface area contributed by atoms with Crippen LogP contribution in [0.2, 0.25) is 0 Å². The standard InChI is InChI=1S/C18H18N4O.2C2H6/c1-2-23-12-22-11-13-7-3-4-8-14(13)17-18(20-21-19-17)15-9-5-6-10-16(15)22;2*1-2/h3-10H,2,11-12H2,1H3,(H,19,20,21);2*1-2H3. The molecular formula is C22H30N4O. The van der Waals surface area contributed by atoms with Crippen molar-refractivity contribution in [3.63, 3.8) is 0 Å². The molecule has 2 heterocycles. The molecule has 27 heavy (non-hydrogen) atoms. The van der Waals surface area contributed by atoms with Gasteiger partial charge in [-0.3, -0.25) is 0 Å². The number of para-hydroxylation sites is 1. The topological polar surface area (TPSA) is 54.0 Å². The predicted molar refractivity (Wildman–Crippen MR) is 113 cm³/mol. The van der Waals surface area contributed by atoms with Gasteiger partial charge in [-0.2, -0.15) is 15.4 Å². The molecular weight excluding hydrogens is 336 g/mol. The summed E-state index contributed by atoms with van der Waals surface area (Å²) in [7, 11) is 0. The first-order valence-electron chi connectivity index (χ1n) is 9.79. The van der Waals surface area contributed by atoms with Crippen LogP contribution in [0.1, 0.15) is 40.2 Å². The number of benzene rings is 2. The fraction of sp³-hybridized carbons (Fsp3) is 0.364. The second kappa shape index (κ2) is 10.5. The van der Waals surface area contributed by atoms with E-state index in [4.69, 9.17) is 4.74 Å². The molecule has 5 heteroatoms. The SMILES string of the molecule is CC.CC.CCOCN1Cc2ccccc2-c2n[nH]nc2-c2ccccc21. The Hall–Kier alpha value is -2.66. The molecule has 1 aromatic heterocycles. The average molecular weight is 367 g/mol. The molecule has 5 nitrogen and oxygen atoms in total. The van der Waals surface area contributed by atoms with Crippen molar-refractivity contribution in [2.75, 3.05) is 18.2 Å². The number of hydrogen-bond donors (Lipinski definition) is 1. The molecule has 0 fully saturated rings. The largest absolute Gasteiger partial charge is 0.361 e. The van der Waals surface area contributed by atoms with E-state index in [9.17, 15) is 0 Å². The maximum Gasteiger partial charge on any atom is 0.122 e. The molecule has 0 unspecified atom stereocenters. The van der Waals surface area contributed by atoms with Gasteiger partial charge in [0.15, 0.2) is 0 Å². The van der Waals surface area contributed by atoms with Crippen molar-refractivity contribution in [3.8, 4) is 22.5 Å². The molecule has 1 aliphatic heterocycles. The van der Waals surface area contributed by atoms with Crippen molar-refractivity contribution < 1.29 is 4.74 Å². The number of H-pyrrole nitrogens is 1. The average Bonchev–Trinajstić information content (AvgIpc) is 3.22. The Labute approximate surface area is 162 Å². The molecule has 0 bridgehead atoms. The molecule has 0 amide bonds. The van der Waals surface area contributed by atoms with E-state index in [-0.39, 0.29) is 0 Å². The fourth-order valence-electron chi connectivity index (χ4n) is 3.05. The highest BCUT2D eigenvalue weighted by Crippen LogP contribution is 2.39. The van der Waals surface area contributed by atoms with Crippen LogP contribution in [0.4, 0.5) is 5.69 Å². The molecule has 1 N–H and O–H groups in total. The zero-order valence-electron chi connectivity index (χ0n) is 17.0. The van der Waals surface area contributed by atoms with E-state index in [1.807, 2.05) is 52.8 Å². The summed E-state index contributed by atoms with van der Waals surface area (Å²) in [6.07, 6.45) is 0. The molecule has 0 radical (unpaired) electrons. The molecule has 3 aromatic rings. The van der Waals surface area contributed by atoms with Gasteiger partial charge in [-0.15, -0.1) is 0 Å². The lowest BCUT2D eigenvalue weighted by Crippen LogP contribution is -2.27. The summed E-state index contributed by atoms with van der Waals surface area (Å²) < 4.78 is 5.69. The number of aromatic amines is 1. The number of fused-ring (bicyclic) bond motifs is 5. The monoisotopic (exact) mass is 366 g/mol. The van der Waals surface area contributed by atoms with Crippen LogP contribution in [0.5, 0.6) is 0 Å². The number of anilines is 1. The van der Waals surface area contributed by atoms with Gasteiger partial charge in [0.05, 0.1) is 0 Å². The van der Waals surface area contributed by atoms with E-state index in [1.54, 1.807) is 0 Å². The lowest BCUT2D eigenvalue weighted by atomic mass is 9.96.